The predicted molar refractivity (Wildman–Crippen MR) is 88.3 cm³/mol. The van der Waals surface area contributed by atoms with Crippen LogP contribution in [0.25, 0.3) is 0 Å². The Hall–Kier alpha value is -0.163. The number of hydrogen-bond donors (Lipinski definition) is 2. The lowest BCUT2D eigenvalue weighted by Crippen LogP contribution is -2.49. The van der Waals surface area contributed by atoms with Crippen LogP contribution in [-0.4, -0.2) is 37.3 Å². The number of aliphatic hydroxyl groups excluding tert-OH is 2. The van der Waals surface area contributed by atoms with E-state index in [1.54, 1.807) is 6.08 Å². The fourth-order valence-corrected chi connectivity index (χ4v) is 3.41. The van der Waals surface area contributed by atoms with E-state index < -0.39 is 14.4 Å². The number of hydrogen-bond acceptors (Lipinski definition) is 3. The van der Waals surface area contributed by atoms with Gasteiger partial charge in [-0.2, -0.15) is 0 Å². The van der Waals surface area contributed by atoms with Crippen LogP contribution in [0.15, 0.2) is 12.2 Å². The average molecular weight is 303 g/mol. The molecular weight excluding hydrogens is 268 g/mol. The molecule has 0 saturated heterocycles. The number of aliphatic hydroxyl groups is 2. The van der Waals surface area contributed by atoms with Crippen molar-refractivity contribution in [2.75, 3.05) is 6.61 Å². The van der Waals surface area contributed by atoms with Gasteiger partial charge in [0, 0.05) is 18.4 Å². The lowest BCUT2D eigenvalue weighted by atomic mass is 9.89. The van der Waals surface area contributed by atoms with Crippen molar-refractivity contribution in [2.24, 2.45) is 11.8 Å². The van der Waals surface area contributed by atoms with Crippen molar-refractivity contribution in [1.82, 2.24) is 0 Å². The average Bonchev–Trinajstić information content (AvgIpc) is 2.33. The van der Waals surface area contributed by atoms with Crippen molar-refractivity contribution in [3.63, 3.8) is 0 Å². The summed E-state index contributed by atoms with van der Waals surface area (Å²) in [4.78, 5) is 0. The molecule has 20 heavy (non-hydrogen) atoms. The lowest BCUT2D eigenvalue weighted by molar-refractivity contribution is 0.00378. The van der Waals surface area contributed by atoms with Crippen LogP contribution in [0.1, 0.15) is 41.5 Å². The third kappa shape index (κ3) is 5.32. The maximum Gasteiger partial charge on any atom is 0.192 e. The van der Waals surface area contributed by atoms with Gasteiger partial charge in [0.25, 0.3) is 0 Å². The van der Waals surface area contributed by atoms with Gasteiger partial charge in [0.2, 0.25) is 0 Å². The van der Waals surface area contributed by atoms with E-state index >= 15 is 0 Å². The normalized spacial score (nSPS) is 19.9. The van der Waals surface area contributed by atoms with E-state index in [9.17, 15) is 10.2 Å². The van der Waals surface area contributed by atoms with Gasteiger partial charge >= 0.3 is 0 Å². The summed E-state index contributed by atoms with van der Waals surface area (Å²) in [6.07, 6.45) is 2.97. The van der Waals surface area contributed by atoms with Gasteiger partial charge in [-0.05, 0) is 25.1 Å². The molecular formula is C16H34O3Si. The molecule has 0 aliphatic carbocycles. The molecule has 0 radical (unpaired) electrons. The molecule has 0 heterocycles. The first-order valence-corrected chi connectivity index (χ1v) is 10.5. The molecule has 0 spiro atoms. The van der Waals surface area contributed by atoms with Crippen LogP contribution in [0, 0.1) is 11.8 Å². The highest BCUT2D eigenvalue weighted by molar-refractivity contribution is 6.74. The van der Waals surface area contributed by atoms with Gasteiger partial charge in [-0.15, -0.1) is 0 Å². The zero-order valence-corrected chi connectivity index (χ0v) is 15.5. The van der Waals surface area contributed by atoms with E-state index in [1.807, 2.05) is 26.8 Å². The van der Waals surface area contributed by atoms with Gasteiger partial charge in [0.1, 0.15) is 0 Å². The lowest BCUT2D eigenvalue weighted by Gasteiger charge is -2.43. The van der Waals surface area contributed by atoms with E-state index in [-0.39, 0.29) is 29.6 Å². The van der Waals surface area contributed by atoms with E-state index in [4.69, 9.17) is 4.43 Å². The largest absolute Gasteiger partial charge is 0.413 e. The van der Waals surface area contributed by atoms with E-state index in [0.29, 0.717) is 0 Å². The van der Waals surface area contributed by atoms with Gasteiger partial charge in [-0.3, -0.25) is 0 Å². The standard InChI is InChI=1S/C16H34O3Si/c1-9-10-14(18)13(3)15(12(2)11-17)19-20(7,8)16(4,5)6/h9-10,12-15,17-18H,11H2,1-8H3/t12?,13?,14-,15?/m1/s1. The molecule has 3 nitrogen and oxygen atoms in total. The number of allylic oxidation sites excluding steroid dienone is 1. The maximum absolute atomic E-state index is 10.2. The third-order valence-electron chi connectivity index (χ3n) is 4.53. The smallest absolute Gasteiger partial charge is 0.192 e. The van der Waals surface area contributed by atoms with Crippen molar-refractivity contribution in [1.29, 1.82) is 0 Å². The summed E-state index contributed by atoms with van der Waals surface area (Å²) in [5.74, 6) is -0.0264. The first kappa shape index (κ1) is 19.8. The molecule has 4 heteroatoms. The van der Waals surface area contributed by atoms with Crippen molar-refractivity contribution in [2.45, 2.75) is 71.9 Å². The highest BCUT2D eigenvalue weighted by Gasteiger charge is 2.42. The monoisotopic (exact) mass is 302 g/mol. The van der Waals surface area contributed by atoms with Crippen molar-refractivity contribution < 1.29 is 14.6 Å². The minimum absolute atomic E-state index is 0.0130. The highest BCUT2D eigenvalue weighted by Crippen LogP contribution is 2.39. The Balaban J connectivity index is 5.18. The minimum atomic E-state index is -1.92. The zero-order chi connectivity index (χ0) is 16.1. The second-order valence-corrected chi connectivity index (χ2v) is 12.1. The van der Waals surface area contributed by atoms with Gasteiger partial charge in [-0.1, -0.05) is 46.8 Å². The molecule has 0 aliphatic rings. The first-order chi connectivity index (χ1) is 8.97. The van der Waals surface area contributed by atoms with Gasteiger partial charge in [-0.25, -0.2) is 0 Å². The summed E-state index contributed by atoms with van der Waals surface area (Å²) in [6.45, 7) is 17.0. The van der Waals surface area contributed by atoms with Crippen LogP contribution in [0.2, 0.25) is 18.1 Å². The Morgan fingerprint density at radius 2 is 1.70 bits per heavy atom. The molecule has 0 saturated carbocycles. The van der Waals surface area contributed by atoms with Gasteiger partial charge in [0.15, 0.2) is 8.32 Å². The second-order valence-electron chi connectivity index (χ2n) is 7.38. The summed E-state index contributed by atoms with van der Waals surface area (Å²) in [5.41, 5.74) is 0. The van der Waals surface area contributed by atoms with Crippen LogP contribution < -0.4 is 0 Å². The molecule has 0 aromatic rings. The Bertz CT molecular complexity index is 307. The maximum atomic E-state index is 10.2. The summed E-state index contributed by atoms with van der Waals surface area (Å²) < 4.78 is 6.47. The fraction of sp³-hybridized carbons (Fsp3) is 0.875. The molecule has 0 aliphatic heterocycles. The molecule has 0 amide bonds. The van der Waals surface area contributed by atoms with Crippen LogP contribution >= 0.6 is 0 Å². The third-order valence-corrected chi connectivity index (χ3v) is 9.01. The summed E-state index contributed by atoms with van der Waals surface area (Å²) in [5, 5.41) is 19.8. The molecule has 0 aromatic heterocycles. The van der Waals surface area contributed by atoms with Crippen LogP contribution in [0.3, 0.4) is 0 Å². The van der Waals surface area contributed by atoms with Crippen molar-refractivity contribution >= 4 is 8.32 Å². The molecule has 0 rings (SSSR count). The Morgan fingerprint density at radius 3 is 2.05 bits per heavy atom. The zero-order valence-electron chi connectivity index (χ0n) is 14.5. The Labute approximate surface area is 126 Å². The van der Waals surface area contributed by atoms with E-state index in [0.717, 1.165) is 0 Å². The molecule has 120 valence electrons. The summed E-state index contributed by atoms with van der Waals surface area (Å²) in [6, 6.07) is 0. The van der Waals surface area contributed by atoms with Crippen molar-refractivity contribution in [3.8, 4) is 0 Å². The molecule has 0 aromatic carbocycles. The van der Waals surface area contributed by atoms with E-state index in [1.165, 1.54) is 0 Å². The predicted octanol–water partition coefficient (Wildman–Crippen LogP) is 3.58. The highest BCUT2D eigenvalue weighted by atomic mass is 28.4. The quantitative estimate of drug-likeness (QED) is 0.558. The SMILES string of the molecule is CC=C[C@@H](O)C(C)C(O[Si](C)(C)C(C)(C)C)C(C)CO. The fourth-order valence-electron chi connectivity index (χ4n) is 1.93. The molecule has 3 unspecified atom stereocenters. The second kappa shape index (κ2) is 7.73. The molecule has 4 atom stereocenters. The van der Waals surface area contributed by atoms with Crippen LogP contribution in [0.5, 0.6) is 0 Å². The van der Waals surface area contributed by atoms with Crippen LogP contribution in [-0.2, 0) is 4.43 Å². The Morgan fingerprint density at radius 1 is 1.20 bits per heavy atom. The number of rotatable bonds is 7. The Kier molecular flexibility index (Phi) is 7.67. The van der Waals surface area contributed by atoms with E-state index in [2.05, 4.69) is 33.9 Å². The molecule has 2 N–H and O–H groups in total. The van der Waals surface area contributed by atoms with Crippen LogP contribution in [0.4, 0.5) is 0 Å². The first-order valence-electron chi connectivity index (χ1n) is 7.57. The topological polar surface area (TPSA) is 49.7 Å². The molecule has 0 fully saturated rings. The molecule has 0 bridgehead atoms. The van der Waals surface area contributed by atoms with Crippen molar-refractivity contribution in [3.05, 3.63) is 12.2 Å². The minimum Gasteiger partial charge on any atom is -0.413 e. The summed E-state index contributed by atoms with van der Waals surface area (Å²) in [7, 11) is -1.92. The summed E-state index contributed by atoms with van der Waals surface area (Å²) >= 11 is 0. The van der Waals surface area contributed by atoms with Gasteiger partial charge in [0.05, 0.1) is 12.2 Å². The van der Waals surface area contributed by atoms with Gasteiger partial charge < -0.3 is 14.6 Å².